The van der Waals surface area contributed by atoms with Gasteiger partial charge in [-0.05, 0) is 83.5 Å². The van der Waals surface area contributed by atoms with E-state index in [1.807, 2.05) is 0 Å². The van der Waals surface area contributed by atoms with Crippen molar-refractivity contribution in [2.45, 2.75) is 251 Å². The molecule has 0 radical (unpaired) electrons. The van der Waals surface area contributed by atoms with Crippen LogP contribution in [0.3, 0.4) is 0 Å². The van der Waals surface area contributed by atoms with Crippen LogP contribution in [0.4, 0.5) is 0 Å². The van der Waals surface area contributed by atoms with E-state index in [0.29, 0.717) is 13.0 Å². The molecule has 374 valence electrons. The summed E-state index contributed by atoms with van der Waals surface area (Å²) < 4.78 is 33.6. The fraction of sp³-hybridized carbons (Fsp3) is 0.800. The summed E-state index contributed by atoms with van der Waals surface area (Å²) in [4.78, 5) is 22.6. The first-order chi connectivity index (χ1) is 31.4. The third-order valence-electron chi connectivity index (χ3n) is 11.4. The molecule has 0 aromatic carbocycles. The molecule has 0 aliphatic heterocycles. The highest BCUT2D eigenvalue weighted by molar-refractivity contribution is 7.47. The van der Waals surface area contributed by atoms with Crippen LogP contribution in [-0.2, 0) is 27.9 Å². The average Bonchev–Trinajstić information content (AvgIpc) is 3.29. The molecule has 64 heavy (non-hydrogen) atoms. The average molecular weight is 920 g/mol. The molecule has 2 atom stereocenters. The van der Waals surface area contributed by atoms with Crippen molar-refractivity contribution in [1.82, 2.24) is 0 Å². The van der Waals surface area contributed by atoms with Gasteiger partial charge < -0.3 is 20.1 Å². The van der Waals surface area contributed by atoms with Crippen molar-refractivity contribution in [2.24, 2.45) is 5.73 Å². The van der Waals surface area contributed by atoms with Gasteiger partial charge in [-0.15, -0.1) is 0 Å². The van der Waals surface area contributed by atoms with Gasteiger partial charge >= 0.3 is 13.8 Å². The zero-order valence-corrected chi connectivity index (χ0v) is 42.7. The molecule has 3 N–H and O–H groups in total. The number of phosphoric acid groups is 1. The number of allylic oxidation sites excluding steroid dienone is 10. The molecule has 2 unspecified atom stereocenters. The van der Waals surface area contributed by atoms with Crippen LogP contribution in [0, 0.1) is 0 Å². The van der Waals surface area contributed by atoms with Gasteiger partial charge in [0.25, 0.3) is 0 Å². The summed E-state index contributed by atoms with van der Waals surface area (Å²) >= 11 is 0. The summed E-state index contributed by atoms with van der Waals surface area (Å²) in [6.07, 6.45) is 65.4. The number of carbonyl (C=O) groups is 1. The topological polar surface area (TPSA) is 117 Å². The Labute approximate surface area is 395 Å². The number of ether oxygens (including phenoxy) is 2. The fourth-order valence-electron chi connectivity index (χ4n) is 7.45. The van der Waals surface area contributed by atoms with Crippen molar-refractivity contribution in [1.29, 1.82) is 0 Å². The lowest BCUT2D eigenvalue weighted by Crippen LogP contribution is -2.28. The molecular formula is C55H102NO7P. The van der Waals surface area contributed by atoms with E-state index >= 15 is 0 Å². The molecular weight excluding hydrogens is 818 g/mol. The highest BCUT2D eigenvalue weighted by atomic mass is 31.2. The smallest absolute Gasteiger partial charge is 0.457 e. The first-order valence-electron chi connectivity index (χ1n) is 26.8. The highest BCUT2D eigenvalue weighted by Gasteiger charge is 2.25. The maximum atomic E-state index is 12.7. The zero-order chi connectivity index (χ0) is 46.5. The first-order valence-corrected chi connectivity index (χ1v) is 28.3. The number of hydrogen-bond donors (Lipinski definition) is 2. The monoisotopic (exact) mass is 920 g/mol. The van der Waals surface area contributed by atoms with Gasteiger partial charge in [-0.1, -0.05) is 216 Å². The van der Waals surface area contributed by atoms with Gasteiger partial charge in [0.05, 0.1) is 19.8 Å². The van der Waals surface area contributed by atoms with Gasteiger partial charge in [0.1, 0.15) is 6.10 Å². The van der Waals surface area contributed by atoms with Crippen molar-refractivity contribution in [3.8, 4) is 0 Å². The minimum atomic E-state index is -4.29. The van der Waals surface area contributed by atoms with Gasteiger partial charge in [0, 0.05) is 19.6 Å². The molecule has 0 aliphatic rings. The highest BCUT2D eigenvalue weighted by Crippen LogP contribution is 2.43. The Morgan fingerprint density at radius 3 is 1.23 bits per heavy atom. The maximum Gasteiger partial charge on any atom is 0.472 e. The third-order valence-corrected chi connectivity index (χ3v) is 12.4. The van der Waals surface area contributed by atoms with E-state index in [-0.39, 0.29) is 32.3 Å². The Hall–Kier alpha value is -1.80. The molecule has 0 bridgehead atoms. The van der Waals surface area contributed by atoms with Gasteiger partial charge in [0.15, 0.2) is 0 Å². The summed E-state index contributed by atoms with van der Waals surface area (Å²) in [5.41, 5.74) is 5.39. The van der Waals surface area contributed by atoms with Crippen LogP contribution in [0.1, 0.15) is 245 Å². The summed E-state index contributed by atoms with van der Waals surface area (Å²) in [6.45, 7) is 4.90. The minimum Gasteiger partial charge on any atom is -0.457 e. The SMILES string of the molecule is CCCCCCC/C=C\C/C=C\C/C=C\CCCCCCCCCCCOCC(COP(=O)(O)OCCN)OC(=O)CCCCCCCCCCC/C=C\C/C=C\CCCCCCC. The van der Waals surface area contributed by atoms with Crippen molar-refractivity contribution >= 4 is 13.8 Å². The summed E-state index contributed by atoms with van der Waals surface area (Å²) in [5.74, 6) is -0.336. The van der Waals surface area contributed by atoms with E-state index in [0.717, 1.165) is 51.4 Å². The van der Waals surface area contributed by atoms with Crippen molar-refractivity contribution in [3.63, 3.8) is 0 Å². The number of unbranched alkanes of at least 4 members (excludes halogenated alkanes) is 28. The molecule has 0 spiro atoms. The Kier molecular flexibility index (Phi) is 50.7. The second-order valence-corrected chi connectivity index (χ2v) is 19.2. The quantitative estimate of drug-likeness (QED) is 0.0268. The van der Waals surface area contributed by atoms with Crippen LogP contribution in [0.25, 0.3) is 0 Å². The molecule has 0 heterocycles. The van der Waals surface area contributed by atoms with E-state index in [1.165, 1.54) is 173 Å². The number of esters is 1. The summed E-state index contributed by atoms with van der Waals surface area (Å²) in [7, 11) is -4.29. The number of nitrogens with two attached hydrogens (primary N) is 1. The molecule has 0 aromatic heterocycles. The molecule has 0 amide bonds. The normalized spacial score (nSPS) is 13.8. The molecule has 0 aliphatic carbocycles. The van der Waals surface area contributed by atoms with Crippen LogP contribution in [0.5, 0.6) is 0 Å². The fourth-order valence-corrected chi connectivity index (χ4v) is 8.21. The van der Waals surface area contributed by atoms with E-state index < -0.39 is 13.9 Å². The van der Waals surface area contributed by atoms with Gasteiger partial charge in [0.2, 0.25) is 0 Å². The standard InChI is InChI=1S/C55H102NO7P/c1-3-5-7-9-11-13-15-17-19-21-23-25-26-27-29-31-33-35-37-39-41-43-45-47-50-60-52-54(53-62-64(58,59)61-51-49-56)63-55(57)48-46-44-42-40-38-36-34-32-30-28-24-22-20-18-16-14-12-10-8-6-4-2/h15-18,21-24,26-27,54H,3-14,19-20,25,28-53,56H2,1-2H3,(H,58,59)/b17-15-,18-16-,23-21-,24-22-,27-26-. The molecule has 8 nitrogen and oxygen atoms in total. The lowest BCUT2D eigenvalue weighted by atomic mass is 10.1. The number of hydrogen-bond acceptors (Lipinski definition) is 7. The Morgan fingerprint density at radius 1 is 0.469 bits per heavy atom. The van der Waals surface area contributed by atoms with Crippen LogP contribution in [-0.4, -0.2) is 49.9 Å². The molecule has 0 aromatic rings. The maximum absolute atomic E-state index is 12.7. The molecule has 0 rings (SSSR count). The Bertz CT molecular complexity index is 1170. The van der Waals surface area contributed by atoms with Crippen LogP contribution in [0.15, 0.2) is 60.8 Å². The zero-order valence-electron chi connectivity index (χ0n) is 41.8. The summed E-state index contributed by atoms with van der Waals surface area (Å²) in [6, 6.07) is 0. The third kappa shape index (κ3) is 51.2. The van der Waals surface area contributed by atoms with Crippen molar-refractivity contribution < 1.29 is 32.8 Å². The predicted molar refractivity (Wildman–Crippen MR) is 275 cm³/mol. The van der Waals surface area contributed by atoms with E-state index in [4.69, 9.17) is 24.3 Å². The number of phosphoric ester groups is 1. The first kappa shape index (κ1) is 62.2. The number of rotatable bonds is 51. The predicted octanol–water partition coefficient (Wildman–Crippen LogP) is 16.9. The second-order valence-electron chi connectivity index (χ2n) is 17.7. The van der Waals surface area contributed by atoms with Crippen LogP contribution in [0.2, 0.25) is 0 Å². The molecule has 0 saturated carbocycles. The van der Waals surface area contributed by atoms with E-state index in [9.17, 15) is 14.3 Å². The lowest BCUT2D eigenvalue weighted by molar-refractivity contribution is -0.154. The van der Waals surface area contributed by atoms with Gasteiger partial charge in [-0.25, -0.2) is 4.57 Å². The molecule has 0 saturated heterocycles. The van der Waals surface area contributed by atoms with Gasteiger partial charge in [-0.2, -0.15) is 0 Å². The second kappa shape index (κ2) is 52.2. The summed E-state index contributed by atoms with van der Waals surface area (Å²) in [5, 5.41) is 0. The molecule has 9 heteroatoms. The largest absolute Gasteiger partial charge is 0.472 e. The van der Waals surface area contributed by atoms with Crippen LogP contribution >= 0.6 is 7.82 Å². The van der Waals surface area contributed by atoms with E-state index in [2.05, 4.69) is 74.6 Å². The lowest BCUT2D eigenvalue weighted by Gasteiger charge is -2.20. The van der Waals surface area contributed by atoms with Crippen LogP contribution < -0.4 is 5.73 Å². The van der Waals surface area contributed by atoms with E-state index in [1.54, 1.807) is 0 Å². The molecule has 0 fully saturated rings. The number of carbonyl (C=O) groups excluding carboxylic acids is 1. The van der Waals surface area contributed by atoms with Crippen molar-refractivity contribution in [2.75, 3.05) is 33.0 Å². The van der Waals surface area contributed by atoms with Gasteiger partial charge in [-0.3, -0.25) is 13.8 Å². The Morgan fingerprint density at radius 2 is 0.828 bits per heavy atom. The van der Waals surface area contributed by atoms with Crippen molar-refractivity contribution in [3.05, 3.63) is 60.8 Å². The minimum absolute atomic E-state index is 0.0967. The Balaban J connectivity index is 3.95.